The van der Waals surface area contributed by atoms with Gasteiger partial charge >= 0.3 is 0 Å². The zero-order valence-electron chi connectivity index (χ0n) is 16.4. The summed E-state index contributed by atoms with van der Waals surface area (Å²) in [5.74, 6) is 2.54. The minimum atomic E-state index is -0.312. The number of benzene rings is 3. The summed E-state index contributed by atoms with van der Waals surface area (Å²) < 4.78 is 17.2. The molecule has 0 fully saturated rings. The summed E-state index contributed by atoms with van der Waals surface area (Å²) in [6.07, 6.45) is 0.502. The number of nitrogens with zero attached hydrogens (tertiary/aromatic N) is 2. The lowest BCUT2D eigenvalue weighted by atomic mass is 9.96. The van der Waals surface area contributed by atoms with Crippen LogP contribution < -0.4 is 14.2 Å². The molecule has 5 heteroatoms. The second-order valence-corrected chi connectivity index (χ2v) is 7.16. The predicted octanol–water partition coefficient (Wildman–Crippen LogP) is 4.95. The molecule has 0 saturated carbocycles. The minimum absolute atomic E-state index is 0.123. The lowest BCUT2D eigenvalue weighted by molar-refractivity contribution is -0.0191. The van der Waals surface area contributed by atoms with Crippen LogP contribution in [0.5, 0.6) is 17.2 Å². The van der Waals surface area contributed by atoms with E-state index in [0.29, 0.717) is 0 Å². The lowest BCUT2D eigenvalue weighted by Crippen LogP contribution is -2.33. The number of hydrogen-bond acceptors (Lipinski definition) is 5. The maximum absolute atomic E-state index is 6.40. The summed E-state index contributed by atoms with van der Waals surface area (Å²) in [4.78, 5) is 0. The Bertz CT molecular complexity index is 1080. The van der Waals surface area contributed by atoms with Crippen molar-refractivity contribution in [2.45, 2.75) is 18.7 Å². The standard InChI is InChI=1S/C24H22N2O3/c1-27-18-9-5-7-16(13-18)21-15-22-20-11-3-4-12-23(20)29-24(26(22)25-21)17-8-6-10-19(14-17)28-2/h3-14,22,24H,15H2,1-2H3/t22-,24-/m1/s1. The molecular weight excluding hydrogens is 364 g/mol. The summed E-state index contributed by atoms with van der Waals surface area (Å²) in [6, 6.07) is 24.4. The molecule has 2 atom stereocenters. The van der Waals surface area contributed by atoms with Crippen molar-refractivity contribution < 1.29 is 14.2 Å². The van der Waals surface area contributed by atoms with E-state index < -0.39 is 0 Å². The Morgan fingerprint density at radius 3 is 2.48 bits per heavy atom. The third-order valence-electron chi connectivity index (χ3n) is 5.48. The third-order valence-corrected chi connectivity index (χ3v) is 5.48. The van der Waals surface area contributed by atoms with E-state index in [-0.39, 0.29) is 12.3 Å². The van der Waals surface area contributed by atoms with E-state index in [1.807, 2.05) is 48.5 Å². The van der Waals surface area contributed by atoms with Crippen LogP contribution in [0, 0.1) is 0 Å². The highest BCUT2D eigenvalue weighted by Crippen LogP contribution is 2.47. The first kappa shape index (κ1) is 17.6. The molecular formula is C24H22N2O3. The van der Waals surface area contributed by atoms with Crippen molar-refractivity contribution in [1.29, 1.82) is 0 Å². The number of hydrogen-bond donors (Lipinski definition) is 0. The van der Waals surface area contributed by atoms with Crippen molar-refractivity contribution in [2.24, 2.45) is 5.10 Å². The van der Waals surface area contributed by atoms with Crippen LogP contribution in [0.4, 0.5) is 0 Å². The highest BCUT2D eigenvalue weighted by atomic mass is 16.5. The number of para-hydroxylation sites is 1. The van der Waals surface area contributed by atoms with E-state index in [0.717, 1.165) is 46.1 Å². The predicted molar refractivity (Wildman–Crippen MR) is 112 cm³/mol. The van der Waals surface area contributed by atoms with Gasteiger partial charge in [-0.2, -0.15) is 5.10 Å². The molecule has 0 spiro atoms. The molecule has 0 amide bonds. The van der Waals surface area contributed by atoms with Crippen LogP contribution >= 0.6 is 0 Å². The maximum Gasteiger partial charge on any atom is 0.214 e. The Morgan fingerprint density at radius 1 is 0.897 bits per heavy atom. The van der Waals surface area contributed by atoms with Gasteiger partial charge in [0.05, 0.1) is 26.0 Å². The number of hydrazone groups is 1. The molecule has 0 saturated heterocycles. The molecule has 0 unspecified atom stereocenters. The SMILES string of the molecule is COc1cccc(C2=NN3[C@H](C2)c2ccccc2O[C@@H]3c2cccc(OC)c2)c1. The molecule has 5 nitrogen and oxygen atoms in total. The number of ether oxygens (including phenoxy) is 3. The van der Waals surface area contributed by atoms with Crippen LogP contribution in [-0.4, -0.2) is 24.9 Å². The summed E-state index contributed by atoms with van der Waals surface area (Å²) in [5.41, 5.74) is 4.27. The topological polar surface area (TPSA) is 43.3 Å². The number of rotatable bonds is 4. The van der Waals surface area contributed by atoms with Gasteiger partial charge in [0.2, 0.25) is 6.23 Å². The summed E-state index contributed by atoms with van der Waals surface area (Å²) in [5, 5.41) is 7.07. The molecule has 146 valence electrons. The van der Waals surface area contributed by atoms with Crippen LogP contribution in [0.3, 0.4) is 0 Å². The fraction of sp³-hybridized carbons (Fsp3) is 0.208. The molecule has 0 radical (unpaired) electrons. The van der Waals surface area contributed by atoms with Gasteiger partial charge in [0.25, 0.3) is 0 Å². The van der Waals surface area contributed by atoms with E-state index in [1.165, 1.54) is 0 Å². The molecule has 0 aromatic heterocycles. The van der Waals surface area contributed by atoms with Crippen molar-refractivity contribution in [2.75, 3.05) is 14.2 Å². The zero-order valence-corrected chi connectivity index (χ0v) is 16.4. The molecule has 2 aliphatic heterocycles. The van der Waals surface area contributed by atoms with E-state index in [2.05, 4.69) is 29.3 Å². The Kier molecular flexibility index (Phi) is 4.35. The lowest BCUT2D eigenvalue weighted by Gasteiger charge is -2.38. The molecule has 0 aliphatic carbocycles. The second-order valence-electron chi connectivity index (χ2n) is 7.16. The molecule has 5 rings (SSSR count). The van der Waals surface area contributed by atoms with Gasteiger partial charge in [0.1, 0.15) is 17.2 Å². The first-order valence-electron chi connectivity index (χ1n) is 9.66. The van der Waals surface area contributed by atoms with Gasteiger partial charge in [-0.25, -0.2) is 5.01 Å². The molecule has 0 N–H and O–H groups in total. The first-order valence-corrected chi connectivity index (χ1v) is 9.66. The highest BCUT2D eigenvalue weighted by molar-refractivity contribution is 6.02. The van der Waals surface area contributed by atoms with Crippen LogP contribution in [0.25, 0.3) is 0 Å². The van der Waals surface area contributed by atoms with Gasteiger partial charge in [0, 0.05) is 23.1 Å². The summed E-state index contributed by atoms with van der Waals surface area (Å²) >= 11 is 0. The molecule has 2 heterocycles. The normalized spacial score (nSPS) is 19.7. The molecule has 3 aromatic rings. The summed E-state index contributed by atoms with van der Waals surface area (Å²) in [6.45, 7) is 0. The second kappa shape index (κ2) is 7.17. The van der Waals surface area contributed by atoms with Gasteiger partial charge < -0.3 is 14.2 Å². The van der Waals surface area contributed by atoms with E-state index >= 15 is 0 Å². The number of methoxy groups -OCH3 is 2. The van der Waals surface area contributed by atoms with Gasteiger partial charge in [-0.05, 0) is 30.3 Å². The largest absolute Gasteiger partial charge is 0.497 e. The van der Waals surface area contributed by atoms with Gasteiger partial charge in [0.15, 0.2) is 0 Å². The monoisotopic (exact) mass is 386 g/mol. The average Bonchev–Trinajstić information content (AvgIpc) is 3.24. The fourth-order valence-electron chi connectivity index (χ4n) is 4.03. The molecule has 3 aromatic carbocycles. The van der Waals surface area contributed by atoms with Gasteiger partial charge in [-0.15, -0.1) is 0 Å². The first-order chi connectivity index (χ1) is 14.3. The van der Waals surface area contributed by atoms with E-state index in [4.69, 9.17) is 19.3 Å². The van der Waals surface area contributed by atoms with Crippen molar-refractivity contribution >= 4 is 5.71 Å². The Balaban J connectivity index is 1.58. The van der Waals surface area contributed by atoms with Crippen LogP contribution in [0.1, 0.15) is 35.4 Å². The minimum Gasteiger partial charge on any atom is -0.497 e. The van der Waals surface area contributed by atoms with Crippen molar-refractivity contribution in [1.82, 2.24) is 5.01 Å². The highest BCUT2D eigenvalue weighted by Gasteiger charge is 2.40. The molecule has 0 bridgehead atoms. The maximum atomic E-state index is 6.40. The van der Waals surface area contributed by atoms with Crippen molar-refractivity contribution in [3.63, 3.8) is 0 Å². The van der Waals surface area contributed by atoms with Crippen LogP contribution in [0.15, 0.2) is 77.9 Å². The van der Waals surface area contributed by atoms with Crippen molar-refractivity contribution in [3.8, 4) is 17.2 Å². The van der Waals surface area contributed by atoms with Gasteiger partial charge in [-0.1, -0.05) is 42.5 Å². The average molecular weight is 386 g/mol. The summed E-state index contributed by atoms with van der Waals surface area (Å²) in [7, 11) is 3.36. The van der Waals surface area contributed by atoms with E-state index in [9.17, 15) is 0 Å². The van der Waals surface area contributed by atoms with Crippen LogP contribution in [0.2, 0.25) is 0 Å². The van der Waals surface area contributed by atoms with Crippen LogP contribution in [-0.2, 0) is 0 Å². The number of fused-ring (bicyclic) bond motifs is 3. The third kappa shape index (κ3) is 3.09. The van der Waals surface area contributed by atoms with Gasteiger partial charge in [-0.3, -0.25) is 0 Å². The fourth-order valence-corrected chi connectivity index (χ4v) is 4.03. The van der Waals surface area contributed by atoms with E-state index in [1.54, 1.807) is 14.2 Å². The van der Waals surface area contributed by atoms with Crippen molar-refractivity contribution in [3.05, 3.63) is 89.5 Å². The molecule has 2 aliphatic rings. The zero-order chi connectivity index (χ0) is 19.8. The molecule has 29 heavy (non-hydrogen) atoms. The quantitative estimate of drug-likeness (QED) is 0.637. The Labute approximate surface area is 170 Å². The smallest absolute Gasteiger partial charge is 0.214 e. The Morgan fingerprint density at radius 2 is 1.66 bits per heavy atom. The Hall–Kier alpha value is -3.47.